The number of nitrogens with one attached hydrogen (secondary N) is 1. The van der Waals surface area contributed by atoms with E-state index >= 15 is 0 Å². The summed E-state index contributed by atoms with van der Waals surface area (Å²) in [7, 11) is 0. The average molecular weight is 300 g/mol. The van der Waals surface area contributed by atoms with Crippen molar-refractivity contribution in [3.63, 3.8) is 0 Å². The smallest absolute Gasteiger partial charge is 0.257 e. The van der Waals surface area contributed by atoms with Crippen molar-refractivity contribution < 1.29 is 14.3 Å². The first-order valence-electron chi connectivity index (χ1n) is 6.28. The lowest BCUT2D eigenvalue weighted by Gasteiger charge is -2.04. The molecule has 2 N–H and O–H groups in total. The molecule has 1 aromatic heterocycles. The minimum Gasteiger partial charge on any atom is -0.508 e. The molecule has 0 aliphatic carbocycles. The van der Waals surface area contributed by atoms with Gasteiger partial charge in [0, 0.05) is 11.8 Å². The van der Waals surface area contributed by atoms with E-state index in [0.717, 1.165) is 5.52 Å². The first-order valence-corrected chi connectivity index (χ1v) is 7.26. The summed E-state index contributed by atoms with van der Waals surface area (Å²) in [5.41, 5.74) is 2.03. The number of aromatic nitrogens is 1. The Hall–Kier alpha value is -2.47. The summed E-state index contributed by atoms with van der Waals surface area (Å²) in [4.78, 5) is 16.1. The predicted octanol–water partition coefficient (Wildman–Crippen LogP) is 3.26. The van der Waals surface area contributed by atoms with Crippen molar-refractivity contribution in [2.45, 2.75) is 5.22 Å². The van der Waals surface area contributed by atoms with Gasteiger partial charge in [0.2, 0.25) is 5.91 Å². The van der Waals surface area contributed by atoms with E-state index in [1.165, 1.54) is 17.8 Å². The molecule has 3 rings (SSSR count). The molecule has 0 saturated heterocycles. The number of fused-ring (bicyclic) bond motifs is 1. The number of para-hydroxylation sites is 2. The lowest BCUT2D eigenvalue weighted by Crippen LogP contribution is -2.13. The second-order valence-electron chi connectivity index (χ2n) is 4.33. The summed E-state index contributed by atoms with van der Waals surface area (Å²) < 4.78 is 5.52. The van der Waals surface area contributed by atoms with Gasteiger partial charge in [-0.25, -0.2) is 4.98 Å². The van der Waals surface area contributed by atoms with Crippen LogP contribution in [0.3, 0.4) is 0 Å². The number of hydrogen-bond donors (Lipinski definition) is 2. The molecule has 1 heterocycles. The third-order valence-corrected chi connectivity index (χ3v) is 3.56. The van der Waals surface area contributed by atoms with Gasteiger partial charge in [0.25, 0.3) is 5.22 Å². The lowest BCUT2D eigenvalue weighted by molar-refractivity contribution is -0.113. The number of amides is 1. The molecule has 0 unspecified atom stereocenters. The van der Waals surface area contributed by atoms with Crippen LogP contribution in [-0.2, 0) is 4.79 Å². The van der Waals surface area contributed by atoms with Crippen LogP contribution in [0.5, 0.6) is 5.75 Å². The second kappa shape index (κ2) is 5.88. The zero-order valence-electron chi connectivity index (χ0n) is 10.9. The molecular weight excluding hydrogens is 288 g/mol. The Labute approximate surface area is 125 Å². The monoisotopic (exact) mass is 300 g/mol. The molecule has 6 heteroatoms. The summed E-state index contributed by atoms with van der Waals surface area (Å²) in [6.07, 6.45) is 0. The number of hydrogen-bond acceptors (Lipinski definition) is 5. The molecule has 21 heavy (non-hydrogen) atoms. The molecule has 0 spiro atoms. The Morgan fingerprint density at radius 2 is 2.10 bits per heavy atom. The van der Waals surface area contributed by atoms with Gasteiger partial charge in [0.15, 0.2) is 5.58 Å². The fourth-order valence-corrected chi connectivity index (χ4v) is 2.46. The normalized spacial score (nSPS) is 10.7. The van der Waals surface area contributed by atoms with Crippen molar-refractivity contribution in [3.8, 4) is 5.75 Å². The van der Waals surface area contributed by atoms with Crippen LogP contribution in [0.25, 0.3) is 11.1 Å². The van der Waals surface area contributed by atoms with Crippen molar-refractivity contribution in [1.29, 1.82) is 0 Å². The van der Waals surface area contributed by atoms with Gasteiger partial charge in [0.05, 0.1) is 5.75 Å². The minimum absolute atomic E-state index is 0.111. The van der Waals surface area contributed by atoms with Crippen molar-refractivity contribution in [2.75, 3.05) is 11.1 Å². The van der Waals surface area contributed by atoms with Crippen LogP contribution in [0.15, 0.2) is 58.2 Å². The predicted molar refractivity (Wildman–Crippen MR) is 81.5 cm³/mol. The van der Waals surface area contributed by atoms with Crippen LogP contribution in [0.4, 0.5) is 5.69 Å². The first kappa shape index (κ1) is 13.5. The molecule has 0 radical (unpaired) electrons. The molecule has 0 saturated carbocycles. The maximum absolute atomic E-state index is 11.8. The summed E-state index contributed by atoms with van der Waals surface area (Å²) >= 11 is 1.23. The largest absolute Gasteiger partial charge is 0.508 e. The molecule has 5 nitrogen and oxygen atoms in total. The number of rotatable bonds is 4. The molecular formula is C15H12N2O3S. The quantitative estimate of drug-likeness (QED) is 0.723. The number of carbonyl (C=O) groups excluding carboxylic acids is 1. The van der Waals surface area contributed by atoms with Crippen molar-refractivity contribution >= 4 is 34.5 Å². The van der Waals surface area contributed by atoms with Gasteiger partial charge >= 0.3 is 0 Å². The fourth-order valence-electron chi connectivity index (χ4n) is 1.82. The van der Waals surface area contributed by atoms with E-state index in [9.17, 15) is 9.90 Å². The minimum atomic E-state index is -0.187. The number of aromatic hydroxyl groups is 1. The van der Waals surface area contributed by atoms with Crippen LogP contribution < -0.4 is 5.32 Å². The van der Waals surface area contributed by atoms with Gasteiger partial charge in [-0.1, -0.05) is 30.0 Å². The van der Waals surface area contributed by atoms with Crippen LogP contribution in [-0.4, -0.2) is 21.8 Å². The number of thioether (sulfide) groups is 1. The van der Waals surface area contributed by atoms with E-state index in [0.29, 0.717) is 16.5 Å². The Balaban J connectivity index is 1.60. The van der Waals surface area contributed by atoms with Crippen LogP contribution in [0.1, 0.15) is 0 Å². The molecule has 1 amide bonds. The molecule has 0 bridgehead atoms. The van der Waals surface area contributed by atoms with E-state index in [2.05, 4.69) is 10.3 Å². The van der Waals surface area contributed by atoms with E-state index in [1.807, 2.05) is 24.3 Å². The van der Waals surface area contributed by atoms with E-state index in [4.69, 9.17) is 4.42 Å². The maximum atomic E-state index is 11.8. The number of carbonyl (C=O) groups is 1. The highest BCUT2D eigenvalue weighted by Crippen LogP contribution is 2.23. The molecule has 2 aromatic carbocycles. The first-order chi connectivity index (χ1) is 10.2. The number of anilines is 1. The van der Waals surface area contributed by atoms with Crippen LogP contribution in [0.2, 0.25) is 0 Å². The number of nitrogens with zero attached hydrogens (tertiary/aromatic N) is 1. The summed E-state index contributed by atoms with van der Waals surface area (Å²) in [5.74, 6) is 0.106. The lowest BCUT2D eigenvalue weighted by atomic mass is 10.3. The van der Waals surface area contributed by atoms with Crippen molar-refractivity contribution in [2.24, 2.45) is 0 Å². The number of benzene rings is 2. The van der Waals surface area contributed by atoms with Crippen LogP contribution in [0, 0.1) is 0 Å². The zero-order valence-corrected chi connectivity index (χ0v) is 11.8. The molecule has 0 atom stereocenters. The standard InChI is InChI=1S/C15H12N2O3S/c18-11-5-3-4-10(8-11)16-14(19)9-21-15-17-12-6-1-2-7-13(12)20-15/h1-8,18H,9H2,(H,16,19). The van der Waals surface area contributed by atoms with E-state index in [1.54, 1.807) is 18.2 Å². The third-order valence-electron chi connectivity index (χ3n) is 2.73. The SMILES string of the molecule is O=C(CSc1nc2ccccc2o1)Nc1cccc(O)c1. The summed E-state index contributed by atoms with van der Waals surface area (Å²) in [6.45, 7) is 0. The van der Waals surface area contributed by atoms with Gasteiger partial charge in [-0.15, -0.1) is 0 Å². The van der Waals surface area contributed by atoms with Gasteiger partial charge in [-0.2, -0.15) is 0 Å². The maximum Gasteiger partial charge on any atom is 0.257 e. The van der Waals surface area contributed by atoms with Gasteiger partial charge in [0.1, 0.15) is 11.3 Å². The molecule has 0 aliphatic rings. The van der Waals surface area contributed by atoms with Gasteiger partial charge in [-0.3, -0.25) is 4.79 Å². The Morgan fingerprint density at radius 1 is 1.24 bits per heavy atom. The van der Waals surface area contributed by atoms with Gasteiger partial charge in [-0.05, 0) is 24.3 Å². The summed E-state index contributed by atoms with van der Waals surface area (Å²) in [6, 6.07) is 13.9. The average Bonchev–Trinajstić information content (AvgIpc) is 2.88. The Kier molecular flexibility index (Phi) is 3.79. The highest BCUT2D eigenvalue weighted by Gasteiger charge is 2.09. The zero-order chi connectivity index (χ0) is 14.7. The second-order valence-corrected chi connectivity index (χ2v) is 5.26. The third kappa shape index (κ3) is 3.35. The fraction of sp³-hybridized carbons (Fsp3) is 0.0667. The number of phenolic OH excluding ortho intramolecular Hbond substituents is 1. The molecule has 3 aromatic rings. The summed E-state index contributed by atoms with van der Waals surface area (Å²) in [5, 5.41) is 12.5. The van der Waals surface area contributed by atoms with E-state index in [-0.39, 0.29) is 17.4 Å². The van der Waals surface area contributed by atoms with Crippen molar-refractivity contribution in [3.05, 3.63) is 48.5 Å². The molecule has 0 fully saturated rings. The molecule has 106 valence electrons. The Bertz CT molecular complexity index is 752. The van der Waals surface area contributed by atoms with Crippen molar-refractivity contribution in [1.82, 2.24) is 4.98 Å². The molecule has 0 aliphatic heterocycles. The highest BCUT2D eigenvalue weighted by atomic mass is 32.2. The number of oxazole rings is 1. The topological polar surface area (TPSA) is 75.4 Å². The van der Waals surface area contributed by atoms with E-state index < -0.39 is 0 Å². The Morgan fingerprint density at radius 3 is 2.90 bits per heavy atom. The van der Waals surface area contributed by atoms with Gasteiger partial charge < -0.3 is 14.8 Å². The number of phenols is 1. The highest BCUT2D eigenvalue weighted by molar-refractivity contribution is 7.99. The van der Waals surface area contributed by atoms with Crippen LogP contribution >= 0.6 is 11.8 Å².